The number of Topliss-reactive ketones (excluding diaryl/α,β-unsaturated/α-hetero) is 1. The number of hydrogen-bond donors (Lipinski definition) is 6. The minimum absolute atomic E-state index is 0.00856. The monoisotopic (exact) mass is 841 g/mol. The number of carbonyl (C=O) groups is 4. The predicted molar refractivity (Wildman–Crippen MR) is 218 cm³/mol. The van der Waals surface area contributed by atoms with E-state index in [2.05, 4.69) is 10.5 Å². The number of phenols is 1. The molecule has 9 atom stereocenters. The molecule has 0 radical (unpaired) electrons. The van der Waals surface area contributed by atoms with Gasteiger partial charge in [0.2, 0.25) is 5.78 Å². The van der Waals surface area contributed by atoms with Crippen LogP contribution in [-0.4, -0.2) is 136 Å². The van der Waals surface area contributed by atoms with Gasteiger partial charge in [-0.05, 0) is 19.9 Å². The second-order valence-electron chi connectivity index (χ2n) is 15.6. The molecule has 1 aliphatic carbocycles. The largest absolute Gasteiger partial charge is 0.507 e. The van der Waals surface area contributed by atoms with Crippen molar-refractivity contribution in [2.75, 3.05) is 46.6 Å². The number of ketones is 2. The standard InChI is InChI=1S/C43H59N3O14/c1-22-11-10-12-23(2)42(55)44-29-21-30(50)32-33(38(29)54)37(53)27(6)40-34(32)41(45-58-20-16-46(14-17-47)15-18-48)43(8,60-40)57-19-13-31(56-9)24(3)39(59-28(7)49)26(5)36(52)25(4)35(22)51/h10-13,19,21-22,24-26,31,35-36,39,47-48,51-53H,14-18,20H2,1-9H3,(H,44,55)/t22-,24+,25+,26+,31-,35-,36+,39+,43-/m0/s1. The minimum Gasteiger partial charge on any atom is -0.507 e. The zero-order valence-corrected chi connectivity index (χ0v) is 35.6. The number of aliphatic hydroxyl groups is 4. The van der Waals surface area contributed by atoms with Crippen molar-refractivity contribution in [1.29, 1.82) is 0 Å². The Hall–Kier alpha value is -4.91. The molecule has 5 rings (SSSR count). The SMILES string of the molecule is CO[C@H]1C=CO[C@@]2(C)Oc3c(C)c(O)c4c(c3C2=NOCCN(CCO)CCO)C(=O)C=C(NC(=O)C(C)=CC=C[C@H](C)[C@H](O)[C@@H](C)[C@@H](O)[C@@H](C)[C@H](OC(C)=O)[C@@H]1C)C4=O. The van der Waals surface area contributed by atoms with Gasteiger partial charge in [0.05, 0.1) is 60.2 Å². The van der Waals surface area contributed by atoms with Crippen LogP contribution in [0.5, 0.6) is 11.5 Å². The van der Waals surface area contributed by atoms with Crippen LogP contribution in [0.25, 0.3) is 0 Å². The third kappa shape index (κ3) is 10.3. The summed E-state index contributed by atoms with van der Waals surface area (Å²) in [5.41, 5.74) is -0.897. The van der Waals surface area contributed by atoms with Gasteiger partial charge in [-0.25, -0.2) is 0 Å². The molecule has 3 aliphatic heterocycles. The molecule has 3 heterocycles. The summed E-state index contributed by atoms with van der Waals surface area (Å²) >= 11 is 0. The lowest BCUT2D eigenvalue weighted by atomic mass is 9.78. The first-order valence-corrected chi connectivity index (χ1v) is 19.9. The van der Waals surface area contributed by atoms with Crippen molar-refractivity contribution in [3.05, 3.63) is 70.2 Å². The molecule has 60 heavy (non-hydrogen) atoms. The lowest BCUT2D eigenvalue weighted by Gasteiger charge is -2.38. The lowest BCUT2D eigenvalue weighted by Crippen LogP contribution is -2.46. The number of oxime groups is 1. The summed E-state index contributed by atoms with van der Waals surface area (Å²) in [6.45, 7) is 13.0. The summed E-state index contributed by atoms with van der Waals surface area (Å²) in [7, 11) is 1.44. The number of fused-ring (bicyclic) bond motifs is 14. The predicted octanol–water partition coefficient (Wildman–Crippen LogP) is 2.45. The van der Waals surface area contributed by atoms with Gasteiger partial charge in [-0.2, -0.15) is 0 Å². The number of carbonyl (C=O) groups excluding carboxylic acids is 4. The minimum atomic E-state index is -1.87. The molecule has 1 amide bonds. The number of benzene rings is 1. The second-order valence-corrected chi connectivity index (χ2v) is 15.6. The smallest absolute Gasteiger partial charge is 0.302 e. The molecule has 0 saturated carbocycles. The molecule has 4 aliphatic rings. The van der Waals surface area contributed by atoms with E-state index in [9.17, 15) is 44.7 Å². The summed E-state index contributed by atoms with van der Waals surface area (Å²) in [5, 5.41) is 60.0. The summed E-state index contributed by atoms with van der Waals surface area (Å²) in [5.74, 6) is -7.87. The molecule has 0 spiro atoms. The molecule has 6 N–H and O–H groups in total. The van der Waals surface area contributed by atoms with Gasteiger partial charge in [0.1, 0.15) is 24.2 Å². The van der Waals surface area contributed by atoms with E-state index in [0.29, 0.717) is 0 Å². The van der Waals surface area contributed by atoms with E-state index < -0.39 is 88.6 Å². The van der Waals surface area contributed by atoms with Gasteiger partial charge in [0, 0.05) is 81.5 Å². The van der Waals surface area contributed by atoms with Crippen LogP contribution < -0.4 is 10.1 Å². The summed E-state index contributed by atoms with van der Waals surface area (Å²) in [6, 6.07) is 0. The van der Waals surface area contributed by atoms with Crippen molar-refractivity contribution in [2.24, 2.45) is 28.8 Å². The molecule has 1 aromatic rings. The third-order valence-electron chi connectivity index (χ3n) is 11.3. The highest BCUT2D eigenvalue weighted by molar-refractivity contribution is 6.31. The van der Waals surface area contributed by atoms with Crippen molar-refractivity contribution in [3.8, 4) is 11.5 Å². The van der Waals surface area contributed by atoms with Gasteiger partial charge >= 0.3 is 5.97 Å². The van der Waals surface area contributed by atoms with Crippen molar-refractivity contribution < 1.29 is 68.5 Å². The van der Waals surface area contributed by atoms with Crippen molar-refractivity contribution in [1.82, 2.24) is 10.2 Å². The first kappa shape index (κ1) is 47.8. The van der Waals surface area contributed by atoms with Crippen LogP contribution in [0.2, 0.25) is 0 Å². The number of rotatable bonds is 10. The Morgan fingerprint density at radius 2 is 1.62 bits per heavy atom. The second kappa shape index (κ2) is 20.6. The zero-order chi connectivity index (χ0) is 44.6. The summed E-state index contributed by atoms with van der Waals surface area (Å²) < 4.78 is 24.1. The van der Waals surface area contributed by atoms with Crippen molar-refractivity contribution in [2.45, 2.75) is 85.6 Å². The number of phenolic OH excluding ortho intramolecular Hbond substituents is 1. The number of amides is 1. The molecule has 17 heteroatoms. The molecule has 5 bridgehead atoms. The van der Waals surface area contributed by atoms with Gasteiger partial charge < -0.3 is 54.6 Å². The number of nitrogens with zero attached hydrogens (tertiary/aromatic N) is 2. The van der Waals surface area contributed by atoms with E-state index in [1.165, 1.54) is 53.2 Å². The summed E-state index contributed by atoms with van der Waals surface area (Å²) in [4.78, 5) is 61.3. The van der Waals surface area contributed by atoms with Crippen LogP contribution >= 0.6 is 0 Å². The highest BCUT2D eigenvalue weighted by Gasteiger charge is 2.51. The molecule has 0 unspecified atom stereocenters. The molecular weight excluding hydrogens is 782 g/mol. The fraction of sp³-hybridized carbons (Fsp3) is 0.558. The number of allylic oxidation sites excluding steroid dienone is 4. The highest BCUT2D eigenvalue weighted by Crippen LogP contribution is 2.48. The van der Waals surface area contributed by atoms with E-state index >= 15 is 0 Å². The number of hydrogen-bond acceptors (Lipinski definition) is 16. The van der Waals surface area contributed by atoms with Gasteiger partial charge in [-0.3, -0.25) is 24.1 Å². The highest BCUT2D eigenvalue weighted by atomic mass is 16.7. The normalized spacial score (nSPS) is 29.5. The average Bonchev–Trinajstić information content (AvgIpc) is 3.49. The van der Waals surface area contributed by atoms with Crippen LogP contribution in [0.3, 0.4) is 0 Å². The Labute approximate surface area is 350 Å². The molecule has 0 aromatic heterocycles. The third-order valence-corrected chi connectivity index (χ3v) is 11.3. The zero-order valence-electron chi connectivity index (χ0n) is 35.6. The molecule has 0 saturated heterocycles. The molecule has 17 nitrogen and oxygen atoms in total. The Balaban J connectivity index is 1.89. The van der Waals surface area contributed by atoms with Crippen LogP contribution in [0.15, 0.2) is 53.1 Å². The first-order chi connectivity index (χ1) is 28.3. The van der Waals surface area contributed by atoms with Gasteiger partial charge in [-0.15, -0.1) is 0 Å². The van der Waals surface area contributed by atoms with Crippen LogP contribution in [-0.2, 0) is 28.6 Å². The fourth-order valence-corrected chi connectivity index (χ4v) is 7.66. The number of nitrogens with one attached hydrogen (secondary N) is 1. The number of methoxy groups -OCH3 is 1. The summed E-state index contributed by atoms with van der Waals surface area (Å²) in [6.07, 6.45) is 4.50. The fourth-order valence-electron chi connectivity index (χ4n) is 7.66. The van der Waals surface area contributed by atoms with Crippen molar-refractivity contribution in [3.63, 3.8) is 0 Å². The van der Waals surface area contributed by atoms with Gasteiger partial charge in [0.15, 0.2) is 11.5 Å². The Morgan fingerprint density at radius 1 is 0.950 bits per heavy atom. The Morgan fingerprint density at radius 3 is 2.23 bits per heavy atom. The van der Waals surface area contributed by atoms with E-state index in [4.69, 9.17) is 23.8 Å². The number of aromatic hydroxyl groups is 1. The molecule has 1 aromatic carbocycles. The number of aliphatic hydroxyl groups excluding tert-OH is 4. The first-order valence-electron chi connectivity index (χ1n) is 19.9. The average molecular weight is 842 g/mol. The molecule has 330 valence electrons. The maximum atomic E-state index is 14.1. The van der Waals surface area contributed by atoms with E-state index in [1.54, 1.807) is 44.7 Å². The topological polar surface area (TPSA) is 243 Å². The van der Waals surface area contributed by atoms with E-state index in [1.807, 2.05) is 0 Å². The maximum absolute atomic E-state index is 14.1. The number of esters is 1. The molecular formula is C43H59N3O14. The van der Waals surface area contributed by atoms with E-state index in [-0.39, 0.29) is 78.9 Å². The Kier molecular flexibility index (Phi) is 16.4. The van der Waals surface area contributed by atoms with Crippen molar-refractivity contribution >= 4 is 29.2 Å². The van der Waals surface area contributed by atoms with Gasteiger partial charge in [-0.1, -0.05) is 51.1 Å². The quantitative estimate of drug-likeness (QED) is 0.113. The van der Waals surface area contributed by atoms with Crippen LogP contribution in [0.1, 0.15) is 80.3 Å². The maximum Gasteiger partial charge on any atom is 0.302 e. The Bertz CT molecular complexity index is 1930. The van der Waals surface area contributed by atoms with Gasteiger partial charge in [0.25, 0.3) is 11.7 Å². The van der Waals surface area contributed by atoms with E-state index in [0.717, 1.165) is 6.08 Å². The van der Waals surface area contributed by atoms with Crippen LogP contribution in [0, 0.1) is 30.6 Å². The van der Waals surface area contributed by atoms with Crippen LogP contribution in [0.4, 0.5) is 0 Å². The number of ether oxygens (including phenoxy) is 4. The lowest BCUT2D eigenvalue weighted by molar-refractivity contribution is -0.160. The molecule has 0 fully saturated rings.